The molecule has 602 valence electrons. The SMILES string of the molecule is c1ccc(-c2cc(N(c3ccccc3)c3ccc4c(c3)sc3cc(N(c5ccccc5)c5cc6ccccc6cc5-c5ccc(N(c6ccccc6)c6ccccc6)cc5)ccc34)c3oc4ccccc4c3c2)cc1.c1ccc(N(c2ccccc2)c2cccc(N(c3ccccc3)c3ccc4c(c3)sc3ccc(N(c5ccccc5)c5ccccc5)cc34)c2)cc1. The van der Waals surface area contributed by atoms with Gasteiger partial charge in [0, 0.05) is 148 Å². The first-order chi connectivity index (χ1) is 63.0. The quantitative estimate of drug-likeness (QED) is 0.0752. The number of thiophene rings is 2. The maximum absolute atomic E-state index is 6.80. The zero-order valence-corrected chi connectivity index (χ0v) is 70.9. The lowest BCUT2D eigenvalue weighted by Gasteiger charge is -2.29. The highest BCUT2D eigenvalue weighted by Gasteiger charge is 2.27. The number of rotatable bonds is 20. The molecule has 0 atom stereocenters. The Kier molecular flexibility index (Phi) is 20.7. The Bertz CT molecular complexity index is 7700. The van der Waals surface area contributed by atoms with E-state index in [1.807, 2.05) is 28.7 Å². The van der Waals surface area contributed by atoms with Gasteiger partial charge < -0.3 is 33.8 Å². The molecule has 0 aliphatic rings. The van der Waals surface area contributed by atoms with Crippen molar-refractivity contribution < 1.29 is 4.42 Å². The van der Waals surface area contributed by atoms with Crippen molar-refractivity contribution in [1.29, 1.82) is 0 Å². The van der Waals surface area contributed by atoms with E-state index in [0.717, 1.165) is 147 Å². The van der Waals surface area contributed by atoms with Crippen LogP contribution in [0.25, 0.3) is 95.3 Å². The molecule has 0 radical (unpaired) electrons. The van der Waals surface area contributed by atoms with E-state index in [2.05, 4.69) is 521 Å². The van der Waals surface area contributed by atoms with Crippen LogP contribution in [0.15, 0.2) is 502 Å². The van der Waals surface area contributed by atoms with Gasteiger partial charge >= 0.3 is 0 Å². The van der Waals surface area contributed by atoms with E-state index in [1.165, 1.54) is 51.1 Å². The van der Waals surface area contributed by atoms with Crippen LogP contribution in [-0.2, 0) is 0 Å². The summed E-state index contributed by atoms with van der Waals surface area (Å²) in [5, 5.41) is 9.53. The fourth-order valence-electron chi connectivity index (χ4n) is 17.9. The van der Waals surface area contributed by atoms with Crippen LogP contribution in [0.2, 0.25) is 0 Å². The van der Waals surface area contributed by atoms with E-state index in [4.69, 9.17) is 4.42 Å². The van der Waals surface area contributed by atoms with Crippen molar-refractivity contribution >= 4 is 198 Å². The first-order valence-corrected chi connectivity index (χ1v) is 44.5. The zero-order valence-electron chi connectivity index (χ0n) is 69.3. The van der Waals surface area contributed by atoms with Crippen LogP contribution in [0.3, 0.4) is 0 Å². The fourth-order valence-corrected chi connectivity index (χ4v) is 20.2. The fraction of sp³-hybridized carbons (Fsp3) is 0. The largest absolute Gasteiger partial charge is 0.454 e. The standard InChI is InChI=1S/C70H47N3OS.C48H35N3S/c1-6-20-48(21-7-1)52-43-64-60-32-18-19-33-67(60)74-70(64)66(45-52)73(56-30-14-5-15-31-56)59-39-41-62-61-40-38-58(46-68(61)75-69(62)47-59)72(55-28-12-4-13-29-55)65-44-51-23-17-16-22-50(51)42-63(65)49-34-36-57(37-35-49)71(53-24-8-2-9-25-53)54-26-10-3-11-27-54;1-6-17-36(18-7-1)49(37-19-8-2-9-20-37)41-27-16-28-42(33-41)51(40-25-14-5-15-26-40)44-29-31-45-46-34-43(30-32-47(46)52-48(45)35-44)50(38-21-10-3-11-22-38)39-23-12-4-13-24-39/h1-47H;1-35H. The second-order valence-corrected chi connectivity index (χ2v) is 33.7. The molecule has 0 aliphatic heterocycles. The van der Waals surface area contributed by atoms with Crippen molar-refractivity contribution in [3.8, 4) is 22.3 Å². The minimum atomic E-state index is 0.854. The minimum absolute atomic E-state index is 0.854. The van der Waals surface area contributed by atoms with Gasteiger partial charge in [-0.25, -0.2) is 0 Å². The Labute approximate surface area is 746 Å². The first kappa shape index (κ1) is 76.8. The van der Waals surface area contributed by atoms with E-state index in [-0.39, 0.29) is 0 Å². The van der Waals surface area contributed by atoms with E-state index >= 15 is 0 Å². The van der Waals surface area contributed by atoms with E-state index in [1.54, 1.807) is 0 Å². The number of fused-ring (bicyclic) bond motifs is 10. The van der Waals surface area contributed by atoms with Crippen LogP contribution in [0.5, 0.6) is 0 Å². The Morgan fingerprint density at radius 1 is 0.157 bits per heavy atom. The number of hydrogen-bond acceptors (Lipinski definition) is 9. The maximum atomic E-state index is 6.80. The van der Waals surface area contributed by atoms with Gasteiger partial charge in [0.1, 0.15) is 5.58 Å². The molecule has 7 nitrogen and oxygen atoms in total. The van der Waals surface area contributed by atoms with E-state index in [9.17, 15) is 0 Å². The lowest BCUT2D eigenvalue weighted by Crippen LogP contribution is -2.13. The summed E-state index contributed by atoms with van der Waals surface area (Å²) in [4.78, 5) is 14.1. The molecular weight excluding hydrogens is 1580 g/mol. The van der Waals surface area contributed by atoms with Gasteiger partial charge in [-0.3, -0.25) is 0 Å². The topological polar surface area (TPSA) is 32.6 Å². The normalized spacial score (nSPS) is 11.3. The van der Waals surface area contributed by atoms with Crippen LogP contribution in [-0.4, -0.2) is 0 Å². The number of hydrogen-bond donors (Lipinski definition) is 0. The first-order valence-electron chi connectivity index (χ1n) is 42.9. The second kappa shape index (κ2) is 34.2. The van der Waals surface area contributed by atoms with Gasteiger partial charge in [-0.2, -0.15) is 0 Å². The third-order valence-corrected chi connectivity index (χ3v) is 26.0. The molecule has 0 saturated carbocycles. The lowest BCUT2D eigenvalue weighted by molar-refractivity contribution is 0.669. The predicted octanol–water partition coefficient (Wildman–Crippen LogP) is 35.3. The lowest BCUT2D eigenvalue weighted by atomic mass is 9.97. The van der Waals surface area contributed by atoms with Crippen LogP contribution < -0.4 is 29.4 Å². The van der Waals surface area contributed by atoms with Crippen molar-refractivity contribution in [1.82, 2.24) is 0 Å². The molecule has 9 heteroatoms. The molecule has 0 saturated heterocycles. The molecule has 0 N–H and O–H groups in total. The highest BCUT2D eigenvalue weighted by molar-refractivity contribution is 7.26. The van der Waals surface area contributed by atoms with Crippen molar-refractivity contribution in [2.45, 2.75) is 0 Å². The van der Waals surface area contributed by atoms with Crippen LogP contribution in [0.1, 0.15) is 0 Å². The van der Waals surface area contributed by atoms with Gasteiger partial charge in [-0.05, 0) is 252 Å². The molecule has 0 aliphatic carbocycles. The Morgan fingerprint density at radius 2 is 0.472 bits per heavy atom. The number of furan rings is 1. The summed E-state index contributed by atoms with van der Waals surface area (Å²) in [6.45, 7) is 0. The van der Waals surface area contributed by atoms with Crippen LogP contribution in [0.4, 0.5) is 102 Å². The molecule has 0 fully saturated rings. The van der Waals surface area contributed by atoms with Gasteiger partial charge in [-0.15, -0.1) is 22.7 Å². The highest BCUT2D eigenvalue weighted by atomic mass is 32.1. The minimum Gasteiger partial charge on any atom is -0.454 e. The summed E-state index contributed by atoms with van der Waals surface area (Å²) in [5.74, 6) is 0. The maximum Gasteiger partial charge on any atom is 0.159 e. The third-order valence-electron chi connectivity index (χ3n) is 23.7. The Balaban J connectivity index is 0.000000160. The Hall–Kier alpha value is -16.3. The molecule has 0 amide bonds. The molecule has 0 bridgehead atoms. The van der Waals surface area contributed by atoms with Crippen molar-refractivity contribution in [2.75, 3.05) is 29.4 Å². The summed E-state index contributed by atoms with van der Waals surface area (Å²) in [6.07, 6.45) is 0. The van der Waals surface area contributed by atoms with Gasteiger partial charge in [0.2, 0.25) is 0 Å². The molecular formula is C118H82N6OS2. The molecule has 3 aromatic heterocycles. The number of benzene rings is 20. The summed E-state index contributed by atoms with van der Waals surface area (Å²) in [6, 6.07) is 178. The smallest absolute Gasteiger partial charge is 0.159 e. The molecule has 3 heterocycles. The zero-order chi connectivity index (χ0) is 84.4. The van der Waals surface area contributed by atoms with E-state index < -0.39 is 0 Å². The van der Waals surface area contributed by atoms with Gasteiger partial charge in [0.05, 0.1) is 11.4 Å². The monoisotopic (exact) mass is 1660 g/mol. The van der Waals surface area contributed by atoms with Crippen LogP contribution >= 0.6 is 22.7 Å². The molecule has 0 unspecified atom stereocenters. The highest BCUT2D eigenvalue weighted by Crippen LogP contribution is 2.52. The second-order valence-electron chi connectivity index (χ2n) is 31.6. The summed E-state index contributed by atoms with van der Waals surface area (Å²) in [5.41, 5.74) is 26.0. The predicted molar refractivity (Wildman–Crippen MR) is 542 cm³/mol. The molecule has 23 rings (SSSR count). The molecule has 23 aromatic rings. The van der Waals surface area contributed by atoms with Crippen LogP contribution in [0, 0.1) is 0 Å². The van der Waals surface area contributed by atoms with Crippen molar-refractivity contribution in [2.24, 2.45) is 0 Å². The molecule has 127 heavy (non-hydrogen) atoms. The molecule has 0 spiro atoms. The van der Waals surface area contributed by atoms with Gasteiger partial charge in [0.25, 0.3) is 0 Å². The summed E-state index contributed by atoms with van der Waals surface area (Å²) in [7, 11) is 0. The average molecular weight is 1660 g/mol. The third kappa shape index (κ3) is 15.2. The number of para-hydroxylation sites is 10. The average Bonchev–Trinajstić information content (AvgIpc) is 1.67. The number of nitrogens with zero attached hydrogens (tertiary/aromatic N) is 6. The van der Waals surface area contributed by atoms with Gasteiger partial charge in [-0.1, -0.05) is 273 Å². The number of anilines is 18. The van der Waals surface area contributed by atoms with Crippen molar-refractivity contribution in [3.63, 3.8) is 0 Å². The van der Waals surface area contributed by atoms with Gasteiger partial charge in [0.15, 0.2) is 5.58 Å². The summed E-state index contributed by atoms with van der Waals surface area (Å²) >= 11 is 3.68. The Morgan fingerprint density at radius 3 is 0.929 bits per heavy atom. The molecule has 20 aromatic carbocycles. The van der Waals surface area contributed by atoms with E-state index in [0.29, 0.717) is 0 Å². The summed E-state index contributed by atoms with van der Waals surface area (Å²) < 4.78 is 11.7. The van der Waals surface area contributed by atoms with Crippen molar-refractivity contribution in [3.05, 3.63) is 497 Å².